The van der Waals surface area contributed by atoms with Gasteiger partial charge in [-0.1, -0.05) is 26.0 Å². The van der Waals surface area contributed by atoms with E-state index in [1.165, 1.54) is 4.90 Å². The summed E-state index contributed by atoms with van der Waals surface area (Å²) in [6.07, 6.45) is 0.623. The molecular formula is C28H31N3O4. The fourth-order valence-corrected chi connectivity index (χ4v) is 4.51. The fourth-order valence-electron chi connectivity index (χ4n) is 4.51. The van der Waals surface area contributed by atoms with Crippen LogP contribution in [0.3, 0.4) is 0 Å². The molecule has 0 heterocycles. The molecule has 0 radical (unpaired) electrons. The van der Waals surface area contributed by atoms with E-state index < -0.39 is 11.8 Å². The lowest BCUT2D eigenvalue weighted by Crippen LogP contribution is -2.61. The Kier molecular flexibility index (Phi) is 8.00. The van der Waals surface area contributed by atoms with Crippen LogP contribution in [-0.2, 0) is 10.5 Å². The molecule has 182 valence electrons. The van der Waals surface area contributed by atoms with Crippen molar-refractivity contribution in [1.82, 2.24) is 0 Å². The number of amides is 1. The smallest absolute Gasteiger partial charge is 0.216 e. The third kappa shape index (κ3) is 5.08. The van der Waals surface area contributed by atoms with Gasteiger partial charge in [0, 0.05) is 24.0 Å². The van der Waals surface area contributed by atoms with E-state index >= 15 is 0 Å². The summed E-state index contributed by atoms with van der Waals surface area (Å²) in [7, 11) is 5.05. The minimum absolute atomic E-state index is 0.112. The molecule has 1 amide bonds. The van der Waals surface area contributed by atoms with Crippen LogP contribution >= 0.6 is 0 Å². The molecular weight excluding hydrogens is 442 g/mol. The number of anilines is 2. The summed E-state index contributed by atoms with van der Waals surface area (Å²) in [5.74, 6) is 1.23. The van der Waals surface area contributed by atoms with Crippen molar-refractivity contribution in [1.29, 1.82) is 5.26 Å². The van der Waals surface area contributed by atoms with Gasteiger partial charge in [-0.05, 0) is 66.6 Å². The number of carbonyl (C=O) groups excluding carboxylic acids is 1. The molecule has 7 nitrogen and oxygen atoms in total. The maximum absolute atomic E-state index is 12.6. The monoisotopic (exact) mass is 473 g/mol. The fraction of sp³-hybridized carbons (Fsp3) is 0.286. The number of ether oxygens (including phenoxy) is 2. The Morgan fingerprint density at radius 1 is 0.943 bits per heavy atom. The van der Waals surface area contributed by atoms with Crippen molar-refractivity contribution < 1.29 is 19.4 Å². The van der Waals surface area contributed by atoms with Crippen molar-refractivity contribution >= 4 is 17.8 Å². The van der Waals surface area contributed by atoms with Gasteiger partial charge in [0.1, 0.15) is 11.5 Å². The van der Waals surface area contributed by atoms with E-state index in [-0.39, 0.29) is 5.92 Å². The average molecular weight is 474 g/mol. The number of aliphatic hydroxyl groups is 1. The van der Waals surface area contributed by atoms with Crippen LogP contribution in [0, 0.1) is 17.2 Å². The van der Waals surface area contributed by atoms with Crippen LogP contribution in [0.25, 0.3) is 0 Å². The van der Waals surface area contributed by atoms with E-state index in [4.69, 9.17) is 9.47 Å². The summed E-state index contributed by atoms with van der Waals surface area (Å²) >= 11 is 0. The molecule has 0 saturated carbocycles. The van der Waals surface area contributed by atoms with Crippen molar-refractivity contribution in [3.63, 3.8) is 0 Å². The molecule has 2 unspecified atom stereocenters. The van der Waals surface area contributed by atoms with E-state index in [0.717, 1.165) is 5.69 Å². The second-order valence-electron chi connectivity index (χ2n) is 8.59. The van der Waals surface area contributed by atoms with Gasteiger partial charge in [-0.25, -0.2) is 0 Å². The van der Waals surface area contributed by atoms with E-state index in [0.29, 0.717) is 34.7 Å². The van der Waals surface area contributed by atoms with E-state index in [1.807, 2.05) is 50.1 Å². The molecule has 3 rings (SSSR count). The van der Waals surface area contributed by atoms with Gasteiger partial charge in [0.25, 0.3) is 0 Å². The predicted molar refractivity (Wildman–Crippen MR) is 137 cm³/mol. The molecule has 0 bridgehead atoms. The highest BCUT2D eigenvalue weighted by molar-refractivity contribution is 5.78. The van der Waals surface area contributed by atoms with Gasteiger partial charge in [0.15, 0.2) is 5.72 Å². The number of benzene rings is 3. The number of hydrogen-bond donors (Lipinski definition) is 1. The maximum atomic E-state index is 12.6. The number of carbonyl (C=O) groups is 1. The van der Waals surface area contributed by atoms with Crippen molar-refractivity contribution in [3.05, 3.63) is 83.9 Å². The van der Waals surface area contributed by atoms with Gasteiger partial charge in [0.05, 0.1) is 31.9 Å². The molecule has 0 aliphatic rings. The zero-order chi connectivity index (χ0) is 25.6. The minimum Gasteiger partial charge on any atom is -0.497 e. The molecule has 2 atom stereocenters. The van der Waals surface area contributed by atoms with Crippen LogP contribution in [0.1, 0.15) is 25.0 Å². The first-order valence-corrected chi connectivity index (χ1v) is 11.3. The van der Waals surface area contributed by atoms with Gasteiger partial charge in [-0.3, -0.25) is 9.69 Å². The van der Waals surface area contributed by atoms with Crippen molar-refractivity contribution in [3.8, 4) is 17.6 Å². The Bertz CT molecular complexity index is 1170. The third-order valence-electron chi connectivity index (χ3n) is 6.18. The highest BCUT2D eigenvalue weighted by Gasteiger charge is 2.48. The van der Waals surface area contributed by atoms with E-state index in [1.54, 1.807) is 62.8 Å². The van der Waals surface area contributed by atoms with Gasteiger partial charge < -0.3 is 19.5 Å². The molecule has 0 spiro atoms. The summed E-state index contributed by atoms with van der Waals surface area (Å²) in [4.78, 5) is 15.9. The normalized spacial score (nSPS) is 13.3. The number of rotatable bonds is 10. The molecule has 0 aliphatic carbocycles. The molecule has 1 N–H and O–H groups in total. The lowest BCUT2D eigenvalue weighted by Gasteiger charge is -2.49. The summed E-state index contributed by atoms with van der Waals surface area (Å²) < 4.78 is 10.5. The van der Waals surface area contributed by atoms with Gasteiger partial charge in [-0.15, -0.1) is 0 Å². The van der Waals surface area contributed by atoms with Crippen LogP contribution in [0.5, 0.6) is 11.5 Å². The van der Waals surface area contributed by atoms with Gasteiger partial charge in [-0.2, -0.15) is 5.26 Å². The number of nitrogens with zero attached hydrogens (tertiary/aromatic N) is 3. The van der Waals surface area contributed by atoms with Crippen LogP contribution in [0.2, 0.25) is 0 Å². The Morgan fingerprint density at radius 3 is 1.94 bits per heavy atom. The molecule has 0 saturated heterocycles. The quantitative estimate of drug-likeness (QED) is 0.344. The Balaban J connectivity index is 2.24. The number of methoxy groups -OCH3 is 2. The summed E-state index contributed by atoms with van der Waals surface area (Å²) in [5, 5.41) is 22.1. The predicted octanol–water partition coefficient (Wildman–Crippen LogP) is 4.54. The highest BCUT2D eigenvalue weighted by atomic mass is 16.5. The largest absolute Gasteiger partial charge is 0.497 e. The standard InChI is InChI=1S/C28H31N3O4/c1-20(2)27(30(3)23-9-13-25(34-4)14-10-23)28(33,22-8-6-7-21(17-22)18-29)31(19-32)24-11-15-26(35-5)16-12-24/h6-17,19-20,27,33H,1-5H3. The average Bonchev–Trinajstić information content (AvgIpc) is 2.89. The first-order chi connectivity index (χ1) is 16.8. The third-order valence-corrected chi connectivity index (χ3v) is 6.18. The van der Waals surface area contributed by atoms with Crippen LogP contribution < -0.4 is 19.3 Å². The van der Waals surface area contributed by atoms with Crippen molar-refractivity contribution in [2.75, 3.05) is 31.1 Å². The molecule has 0 fully saturated rings. The lowest BCUT2D eigenvalue weighted by molar-refractivity contribution is -0.113. The number of likely N-dealkylation sites (N-methyl/N-ethyl adjacent to an activating group) is 1. The second kappa shape index (κ2) is 10.9. The Hall–Kier alpha value is -4.02. The second-order valence-corrected chi connectivity index (χ2v) is 8.59. The van der Waals surface area contributed by atoms with Crippen LogP contribution in [0.15, 0.2) is 72.8 Å². The van der Waals surface area contributed by atoms with Crippen molar-refractivity contribution in [2.45, 2.75) is 25.6 Å². The Morgan fingerprint density at radius 2 is 1.49 bits per heavy atom. The molecule has 7 heteroatoms. The van der Waals surface area contributed by atoms with Gasteiger partial charge in [0.2, 0.25) is 6.41 Å². The number of nitriles is 1. The SMILES string of the molecule is COc1ccc(N(C)C(C(C)C)C(O)(c2cccc(C#N)c2)N(C=O)c2ccc(OC)cc2)cc1. The molecule has 0 aliphatic heterocycles. The summed E-state index contributed by atoms with van der Waals surface area (Å²) in [5.41, 5.74) is 0.306. The zero-order valence-corrected chi connectivity index (χ0v) is 20.7. The first-order valence-electron chi connectivity index (χ1n) is 11.3. The topological polar surface area (TPSA) is 86.0 Å². The first kappa shape index (κ1) is 25.6. The van der Waals surface area contributed by atoms with E-state index in [9.17, 15) is 15.2 Å². The van der Waals surface area contributed by atoms with E-state index in [2.05, 4.69) is 6.07 Å². The van der Waals surface area contributed by atoms with Crippen molar-refractivity contribution in [2.24, 2.45) is 5.92 Å². The minimum atomic E-state index is -1.83. The summed E-state index contributed by atoms with van der Waals surface area (Å²) in [6, 6.07) is 22.7. The molecule has 35 heavy (non-hydrogen) atoms. The molecule has 0 aromatic heterocycles. The number of hydrogen-bond acceptors (Lipinski definition) is 6. The van der Waals surface area contributed by atoms with Crippen LogP contribution in [-0.4, -0.2) is 38.8 Å². The Labute approximate surface area is 206 Å². The molecule has 3 aromatic carbocycles. The maximum Gasteiger partial charge on any atom is 0.216 e. The van der Waals surface area contributed by atoms with Gasteiger partial charge >= 0.3 is 0 Å². The summed E-state index contributed by atoms with van der Waals surface area (Å²) in [6.45, 7) is 3.97. The zero-order valence-electron chi connectivity index (χ0n) is 20.7. The highest BCUT2D eigenvalue weighted by Crippen LogP contribution is 2.40. The molecule has 3 aromatic rings. The lowest BCUT2D eigenvalue weighted by atomic mass is 9.84. The van der Waals surface area contributed by atoms with Crippen LogP contribution in [0.4, 0.5) is 11.4 Å².